The Hall–Kier alpha value is -4.59. The Bertz CT molecular complexity index is 1700. The summed E-state index contributed by atoms with van der Waals surface area (Å²) in [6, 6.07) is 1.50. The van der Waals surface area contributed by atoms with Crippen molar-refractivity contribution in [2.75, 3.05) is 0 Å². The van der Waals surface area contributed by atoms with Crippen molar-refractivity contribution in [3.05, 3.63) is 41.6 Å². The maximum absolute atomic E-state index is 14.1. The van der Waals surface area contributed by atoms with Crippen LogP contribution >= 0.6 is 0 Å². The highest BCUT2D eigenvalue weighted by molar-refractivity contribution is 6.07. The van der Waals surface area contributed by atoms with Gasteiger partial charge in [0.2, 0.25) is 11.8 Å². The fourth-order valence-corrected chi connectivity index (χ4v) is 6.32. The predicted octanol–water partition coefficient (Wildman–Crippen LogP) is 3.31. The van der Waals surface area contributed by atoms with Crippen LogP contribution in [0.2, 0.25) is 0 Å². The molecule has 2 aliphatic rings. The van der Waals surface area contributed by atoms with Gasteiger partial charge in [-0.1, -0.05) is 19.8 Å². The number of amides is 2. The summed E-state index contributed by atoms with van der Waals surface area (Å²) < 4.78 is 1.53. The number of benzene rings is 1. The Kier molecular flexibility index (Phi) is 7.82. The Balaban J connectivity index is 1.49. The summed E-state index contributed by atoms with van der Waals surface area (Å²) in [5.41, 5.74) is 2.71. The van der Waals surface area contributed by atoms with Crippen molar-refractivity contribution in [2.45, 2.75) is 85.5 Å². The zero-order chi connectivity index (χ0) is 31.2. The number of likely N-dealkylation sites (tertiary alicyclic amines) is 1. The van der Waals surface area contributed by atoms with E-state index in [-0.39, 0.29) is 42.3 Å². The van der Waals surface area contributed by atoms with E-state index in [0.29, 0.717) is 29.6 Å². The molecule has 1 fully saturated rings. The summed E-state index contributed by atoms with van der Waals surface area (Å²) in [4.78, 5) is 62.3. The number of rotatable bonds is 9. The average molecular weight is 585 g/mol. The Labute approximate surface area is 250 Å². The van der Waals surface area contributed by atoms with Crippen LogP contribution in [0.5, 0.6) is 0 Å². The molecule has 0 spiro atoms. The van der Waals surface area contributed by atoms with Crippen molar-refractivity contribution >= 4 is 34.5 Å². The molecule has 0 saturated carbocycles. The third-order valence-corrected chi connectivity index (χ3v) is 8.37. The van der Waals surface area contributed by atoms with Crippen molar-refractivity contribution < 1.29 is 24.3 Å². The Morgan fingerprint density at radius 2 is 1.84 bits per heavy atom. The Morgan fingerprint density at radius 3 is 2.47 bits per heavy atom. The number of fused-ring (bicyclic) bond motifs is 2. The minimum atomic E-state index is -1.11. The van der Waals surface area contributed by atoms with E-state index >= 15 is 0 Å². The van der Waals surface area contributed by atoms with Crippen LogP contribution < -0.4 is 5.32 Å². The number of aliphatic carboxylic acids is 1. The van der Waals surface area contributed by atoms with E-state index in [1.807, 2.05) is 39.8 Å². The summed E-state index contributed by atoms with van der Waals surface area (Å²) in [6.07, 6.45) is 4.43. The van der Waals surface area contributed by atoms with Gasteiger partial charge in [0.1, 0.15) is 30.1 Å². The second-order valence-corrected chi connectivity index (χ2v) is 12.3. The van der Waals surface area contributed by atoms with Crippen LogP contribution in [0.15, 0.2) is 24.5 Å². The van der Waals surface area contributed by atoms with Gasteiger partial charge in [-0.3, -0.25) is 19.1 Å². The standard InChI is InChI=1S/C32H36N6O5/c1-17(2)10-24(31(42)43)35-30(41)25-13-32(6)9-7-8-26(32)38(25)27(40)16-37-29-18(3)11-21(22-14-33-20(5)34-15-22)12-23(29)28(36-37)19(4)39/h11-12,14-15,17,24-26H,8,10,13,16H2,1-6H3,(H,35,41)(H,42,43)/t24-,25+,26-,32-/m1/s1. The first-order chi connectivity index (χ1) is 20.3. The third kappa shape index (κ3) is 5.61. The molecule has 0 bridgehead atoms. The molecule has 0 radical (unpaired) electrons. The normalized spacial score (nSPS) is 21.4. The highest BCUT2D eigenvalue weighted by Gasteiger charge is 2.54. The monoisotopic (exact) mass is 584 g/mol. The second-order valence-electron chi connectivity index (χ2n) is 12.3. The van der Waals surface area contributed by atoms with Gasteiger partial charge in [-0.2, -0.15) is 5.10 Å². The fourth-order valence-electron chi connectivity index (χ4n) is 6.32. The first-order valence-corrected chi connectivity index (χ1v) is 14.4. The number of nitrogens with zero attached hydrogens (tertiary/aromatic N) is 5. The molecule has 1 aliphatic carbocycles. The van der Waals surface area contributed by atoms with Crippen molar-refractivity contribution in [1.82, 2.24) is 30.0 Å². The molecule has 2 aromatic heterocycles. The summed E-state index contributed by atoms with van der Waals surface area (Å²) in [5, 5.41) is 17.6. The zero-order valence-corrected chi connectivity index (χ0v) is 25.3. The van der Waals surface area contributed by atoms with Crippen LogP contribution in [-0.4, -0.2) is 71.4 Å². The predicted molar refractivity (Wildman–Crippen MR) is 159 cm³/mol. The molecule has 43 heavy (non-hydrogen) atoms. The summed E-state index contributed by atoms with van der Waals surface area (Å²) in [6.45, 7) is 10.6. The summed E-state index contributed by atoms with van der Waals surface area (Å²) >= 11 is 0. The molecule has 4 atom stereocenters. The van der Waals surface area contributed by atoms with Gasteiger partial charge in [0, 0.05) is 36.7 Å². The zero-order valence-electron chi connectivity index (χ0n) is 25.3. The lowest BCUT2D eigenvalue weighted by Crippen LogP contribution is -2.53. The molecule has 1 aromatic carbocycles. The molecular weight excluding hydrogens is 548 g/mol. The van der Waals surface area contributed by atoms with Crippen LogP contribution in [0, 0.1) is 37.0 Å². The molecule has 5 rings (SSSR count). The van der Waals surface area contributed by atoms with E-state index in [1.54, 1.807) is 24.2 Å². The van der Waals surface area contributed by atoms with Crippen molar-refractivity contribution in [3.8, 4) is 23.0 Å². The number of hydrogen-bond acceptors (Lipinski definition) is 7. The molecule has 3 heterocycles. The molecule has 11 heteroatoms. The number of ketones is 1. The van der Waals surface area contributed by atoms with E-state index in [4.69, 9.17) is 0 Å². The van der Waals surface area contributed by atoms with Crippen LogP contribution in [0.25, 0.3) is 22.0 Å². The summed E-state index contributed by atoms with van der Waals surface area (Å²) in [7, 11) is 0. The molecule has 3 aromatic rings. The quantitative estimate of drug-likeness (QED) is 0.288. The number of aryl methyl sites for hydroxylation is 2. The van der Waals surface area contributed by atoms with Crippen molar-refractivity contribution in [2.24, 2.45) is 11.3 Å². The second kappa shape index (κ2) is 11.2. The number of Topliss-reactive ketones (excluding diaryl/α,β-unsaturated/α-hetero) is 1. The van der Waals surface area contributed by atoms with Gasteiger partial charge >= 0.3 is 5.97 Å². The van der Waals surface area contributed by atoms with Gasteiger partial charge in [0.25, 0.3) is 0 Å². The minimum Gasteiger partial charge on any atom is -0.480 e. The highest BCUT2D eigenvalue weighted by atomic mass is 16.4. The molecule has 1 saturated heterocycles. The average Bonchev–Trinajstić information content (AvgIpc) is 3.57. The van der Waals surface area contributed by atoms with Gasteiger partial charge in [0.15, 0.2) is 5.78 Å². The lowest BCUT2D eigenvalue weighted by Gasteiger charge is -2.31. The largest absolute Gasteiger partial charge is 0.480 e. The molecule has 2 amide bonds. The smallest absolute Gasteiger partial charge is 0.326 e. The number of carboxylic acids is 1. The molecule has 224 valence electrons. The highest BCUT2D eigenvalue weighted by Crippen LogP contribution is 2.45. The van der Waals surface area contributed by atoms with E-state index < -0.39 is 29.4 Å². The van der Waals surface area contributed by atoms with E-state index in [9.17, 15) is 24.3 Å². The van der Waals surface area contributed by atoms with Crippen LogP contribution in [0.1, 0.15) is 68.8 Å². The lowest BCUT2D eigenvalue weighted by atomic mass is 9.84. The number of carboxylic acid groups (broad SMARTS) is 1. The van der Waals surface area contributed by atoms with Gasteiger partial charge < -0.3 is 15.3 Å². The molecule has 1 aliphatic heterocycles. The van der Waals surface area contributed by atoms with Crippen molar-refractivity contribution in [3.63, 3.8) is 0 Å². The first-order valence-electron chi connectivity index (χ1n) is 14.4. The van der Waals surface area contributed by atoms with Gasteiger partial charge in [0.05, 0.1) is 17.0 Å². The number of carbonyl (C=O) groups is 4. The number of aromatic nitrogens is 4. The maximum Gasteiger partial charge on any atom is 0.326 e. The fraction of sp³-hybridized carbons (Fsp3) is 0.469. The van der Waals surface area contributed by atoms with Gasteiger partial charge in [-0.15, -0.1) is 5.92 Å². The minimum absolute atomic E-state index is 0.0522. The SMILES string of the molecule is CC(=O)c1nn(CC(=O)N2[C@H](C(=O)N[C@H](CC(C)C)C(=O)O)C[C@@]3(C)C#CC[C@@H]23)c2c(C)cc(-c3cnc(C)nc3)cc12. The van der Waals surface area contributed by atoms with Gasteiger partial charge in [-0.25, -0.2) is 14.8 Å². The van der Waals surface area contributed by atoms with Gasteiger partial charge in [-0.05, 0) is 62.8 Å². The molecular formula is C32H36N6O5. The molecule has 2 N–H and O–H groups in total. The number of nitrogens with one attached hydrogen (secondary N) is 1. The number of hydrogen-bond donors (Lipinski definition) is 2. The van der Waals surface area contributed by atoms with E-state index in [0.717, 1.165) is 16.7 Å². The number of carbonyl (C=O) groups excluding carboxylic acids is 3. The van der Waals surface area contributed by atoms with E-state index in [2.05, 4.69) is 32.2 Å². The van der Waals surface area contributed by atoms with Crippen LogP contribution in [0.4, 0.5) is 0 Å². The van der Waals surface area contributed by atoms with Crippen LogP contribution in [0.3, 0.4) is 0 Å². The third-order valence-electron chi connectivity index (χ3n) is 8.37. The van der Waals surface area contributed by atoms with Crippen LogP contribution in [-0.2, 0) is 20.9 Å². The maximum atomic E-state index is 14.1. The van der Waals surface area contributed by atoms with E-state index in [1.165, 1.54) is 11.6 Å². The molecule has 0 unspecified atom stereocenters. The first kappa shape index (κ1) is 29.9. The Morgan fingerprint density at radius 1 is 1.14 bits per heavy atom. The summed E-state index contributed by atoms with van der Waals surface area (Å²) in [5.74, 6) is 4.78. The topological polar surface area (TPSA) is 147 Å². The molecule has 11 nitrogen and oxygen atoms in total. The van der Waals surface area contributed by atoms with Crippen molar-refractivity contribution in [1.29, 1.82) is 0 Å². The lowest BCUT2D eigenvalue weighted by molar-refractivity contribution is -0.145.